The molecule has 1 unspecified atom stereocenters. The first-order chi connectivity index (χ1) is 10.7. The van der Waals surface area contributed by atoms with Crippen LogP contribution in [0.1, 0.15) is 12.5 Å². The number of nitrogens with one attached hydrogen (secondary N) is 1. The van der Waals surface area contributed by atoms with Gasteiger partial charge in [-0.05, 0) is 23.8 Å². The molecule has 0 fully saturated rings. The molecule has 0 spiro atoms. The molecule has 1 aliphatic heterocycles. The van der Waals surface area contributed by atoms with Crippen LogP contribution in [-0.2, 0) is 11.3 Å². The van der Waals surface area contributed by atoms with Gasteiger partial charge >= 0.3 is 0 Å². The number of fused-ring (bicyclic) bond motifs is 1. The molecule has 1 aliphatic rings. The molecule has 0 saturated heterocycles. The minimum absolute atomic E-state index is 0.0396. The zero-order valence-corrected chi connectivity index (χ0v) is 13.3. The second-order valence-electron chi connectivity index (χ2n) is 5.41. The first kappa shape index (κ1) is 14.9. The molecule has 5 heteroatoms. The first-order valence-corrected chi connectivity index (χ1v) is 8.26. The molecule has 4 nitrogen and oxygen atoms in total. The molecule has 0 bridgehead atoms. The van der Waals surface area contributed by atoms with Crippen molar-refractivity contribution in [1.82, 2.24) is 10.3 Å². The number of aromatic nitrogens is 1. The van der Waals surface area contributed by atoms with E-state index >= 15 is 0 Å². The van der Waals surface area contributed by atoms with Crippen molar-refractivity contribution in [3.8, 4) is 0 Å². The molecule has 1 aromatic carbocycles. The fourth-order valence-corrected chi connectivity index (χ4v) is 3.73. The molecule has 2 aromatic rings. The van der Waals surface area contributed by atoms with Gasteiger partial charge in [0.25, 0.3) is 0 Å². The van der Waals surface area contributed by atoms with E-state index in [1.165, 1.54) is 4.90 Å². The lowest BCUT2D eigenvalue weighted by Gasteiger charge is -2.33. The van der Waals surface area contributed by atoms with E-state index in [-0.39, 0.29) is 5.91 Å². The van der Waals surface area contributed by atoms with Crippen LogP contribution in [0.4, 0.5) is 5.69 Å². The molecule has 1 amide bonds. The highest BCUT2D eigenvalue weighted by atomic mass is 32.2. The Bertz CT molecular complexity index is 647. The van der Waals surface area contributed by atoms with Crippen LogP contribution in [0.3, 0.4) is 0 Å². The zero-order valence-electron chi connectivity index (χ0n) is 12.5. The molecule has 1 atom stereocenters. The van der Waals surface area contributed by atoms with Gasteiger partial charge in [0.15, 0.2) is 0 Å². The second-order valence-corrected chi connectivity index (χ2v) is 6.89. The van der Waals surface area contributed by atoms with Gasteiger partial charge < -0.3 is 10.2 Å². The van der Waals surface area contributed by atoms with Gasteiger partial charge in [-0.25, -0.2) is 0 Å². The number of anilines is 1. The van der Waals surface area contributed by atoms with E-state index in [0.717, 1.165) is 17.8 Å². The maximum atomic E-state index is 12.2. The van der Waals surface area contributed by atoms with E-state index in [9.17, 15) is 4.79 Å². The highest BCUT2D eigenvalue weighted by Crippen LogP contribution is 2.37. The number of amides is 1. The van der Waals surface area contributed by atoms with Crippen LogP contribution >= 0.6 is 11.8 Å². The van der Waals surface area contributed by atoms with Crippen molar-refractivity contribution >= 4 is 23.4 Å². The summed E-state index contributed by atoms with van der Waals surface area (Å²) in [6, 6.07) is 12.1. The summed E-state index contributed by atoms with van der Waals surface area (Å²) in [5, 5.41) is 3.45. The van der Waals surface area contributed by atoms with Crippen molar-refractivity contribution in [3.63, 3.8) is 0 Å². The van der Waals surface area contributed by atoms with E-state index in [2.05, 4.69) is 34.3 Å². The lowest BCUT2D eigenvalue weighted by Crippen LogP contribution is -2.41. The van der Waals surface area contributed by atoms with Crippen LogP contribution in [0.2, 0.25) is 0 Å². The molecule has 1 aromatic heterocycles. The minimum atomic E-state index is 0.0396. The topological polar surface area (TPSA) is 45.2 Å². The molecule has 22 heavy (non-hydrogen) atoms. The third-order valence-electron chi connectivity index (χ3n) is 3.56. The number of hydrogen-bond donors (Lipinski definition) is 1. The predicted molar refractivity (Wildman–Crippen MR) is 90.1 cm³/mol. The van der Waals surface area contributed by atoms with Crippen molar-refractivity contribution in [2.24, 2.45) is 0 Å². The number of benzene rings is 1. The largest absolute Gasteiger partial charge is 0.360 e. The van der Waals surface area contributed by atoms with Gasteiger partial charge in [-0.15, -0.1) is 11.8 Å². The van der Waals surface area contributed by atoms with Gasteiger partial charge in [0.05, 0.1) is 12.2 Å². The summed E-state index contributed by atoms with van der Waals surface area (Å²) in [7, 11) is 0. The number of thioether (sulfide) groups is 1. The molecular formula is C17H19N3OS. The normalized spacial score (nSPS) is 17.0. The maximum Gasteiger partial charge on any atom is 0.239 e. The maximum absolute atomic E-state index is 12.2. The number of nitrogens with zero attached hydrogens (tertiary/aromatic N) is 2. The van der Waals surface area contributed by atoms with Crippen molar-refractivity contribution < 1.29 is 4.79 Å². The lowest BCUT2D eigenvalue weighted by atomic mass is 10.2. The Morgan fingerprint density at radius 3 is 3.05 bits per heavy atom. The van der Waals surface area contributed by atoms with Gasteiger partial charge in [-0.1, -0.05) is 25.1 Å². The molecule has 1 N–H and O–H groups in total. The fourth-order valence-electron chi connectivity index (χ4n) is 2.56. The molecular weight excluding hydrogens is 294 g/mol. The van der Waals surface area contributed by atoms with Crippen LogP contribution in [0, 0.1) is 0 Å². The van der Waals surface area contributed by atoms with E-state index in [1.807, 2.05) is 36.0 Å². The summed E-state index contributed by atoms with van der Waals surface area (Å²) in [4.78, 5) is 19.7. The number of hydrogen-bond acceptors (Lipinski definition) is 4. The molecule has 114 valence electrons. The predicted octanol–water partition coefficient (Wildman–Crippen LogP) is 2.70. The number of pyridine rings is 1. The Balaban J connectivity index is 1.62. The van der Waals surface area contributed by atoms with Crippen LogP contribution in [0.5, 0.6) is 0 Å². The van der Waals surface area contributed by atoms with Crippen LogP contribution in [-0.4, -0.2) is 29.2 Å². The van der Waals surface area contributed by atoms with Gasteiger partial charge in [0.2, 0.25) is 5.91 Å². The number of rotatable bonds is 4. The highest BCUT2D eigenvalue weighted by Gasteiger charge is 2.23. The molecule has 0 saturated carbocycles. The average molecular weight is 313 g/mol. The van der Waals surface area contributed by atoms with Crippen LogP contribution in [0.25, 0.3) is 0 Å². The van der Waals surface area contributed by atoms with Gasteiger partial charge in [-0.3, -0.25) is 9.78 Å². The van der Waals surface area contributed by atoms with E-state index < -0.39 is 0 Å². The Labute approximate surface area is 134 Å². The smallest absolute Gasteiger partial charge is 0.239 e. The number of carbonyl (C=O) groups excluding carboxylic acids is 1. The highest BCUT2D eigenvalue weighted by molar-refractivity contribution is 8.00. The zero-order chi connectivity index (χ0) is 15.4. The Kier molecular flexibility index (Phi) is 4.63. The SMILES string of the molecule is CC1CN(CC(=O)NCc2cccnc2)c2ccccc2S1. The van der Waals surface area contributed by atoms with Gasteiger partial charge in [-0.2, -0.15) is 0 Å². The third-order valence-corrected chi connectivity index (χ3v) is 4.71. The summed E-state index contributed by atoms with van der Waals surface area (Å²) in [5.41, 5.74) is 2.17. The lowest BCUT2D eigenvalue weighted by molar-refractivity contribution is -0.119. The van der Waals surface area contributed by atoms with E-state index in [4.69, 9.17) is 0 Å². The van der Waals surface area contributed by atoms with Gasteiger partial charge in [0.1, 0.15) is 0 Å². The van der Waals surface area contributed by atoms with Crippen molar-refractivity contribution in [2.75, 3.05) is 18.0 Å². The Morgan fingerprint density at radius 2 is 2.23 bits per heavy atom. The summed E-state index contributed by atoms with van der Waals surface area (Å²) < 4.78 is 0. The number of carbonyl (C=O) groups is 1. The summed E-state index contributed by atoms with van der Waals surface area (Å²) in [6.45, 7) is 4.00. The molecule has 2 heterocycles. The summed E-state index contributed by atoms with van der Waals surface area (Å²) in [6.07, 6.45) is 3.50. The third kappa shape index (κ3) is 3.60. The minimum Gasteiger partial charge on any atom is -0.360 e. The summed E-state index contributed by atoms with van der Waals surface area (Å²) in [5.74, 6) is 0.0396. The quantitative estimate of drug-likeness (QED) is 0.942. The van der Waals surface area contributed by atoms with E-state index in [1.54, 1.807) is 12.4 Å². The monoisotopic (exact) mass is 313 g/mol. The van der Waals surface area contributed by atoms with Crippen LogP contribution in [0.15, 0.2) is 53.7 Å². The molecule has 3 rings (SSSR count). The Morgan fingerprint density at radius 1 is 1.36 bits per heavy atom. The first-order valence-electron chi connectivity index (χ1n) is 7.38. The van der Waals surface area contributed by atoms with E-state index in [0.29, 0.717) is 18.3 Å². The standard InChI is InChI=1S/C17H19N3OS/c1-13-11-20(15-6-2-3-7-16(15)22-13)12-17(21)19-10-14-5-4-8-18-9-14/h2-9,13H,10-12H2,1H3,(H,19,21). The second kappa shape index (κ2) is 6.83. The molecule has 0 aliphatic carbocycles. The van der Waals surface area contributed by atoms with Crippen molar-refractivity contribution in [1.29, 1.82) is 0 Å². The Hall–Kier alpha value is -2.01. The summed E-state index contributed by atoms with van der Waals surface area (Å²) >= 11 is 1.87. The molecule has 0 radical (unpaired) electrons. The van der Waals surface area contributed by atoms with Crippen LogP contribution < -0.4 is 10.2 Å². The van der Waals surface area contributed by atoms with Crippen molar-refractivity contribution in [3.05, 3.63) is 54.4 Å². The fraction of sp³-hybridized carbons (Fsp3) is 0.294. The van der Waals surface area contributed by atoms with Crippen molar-refractivity contribution in [2.45, 2.75) is 23.6 Å². The van der Waals surface area contributed by atoms with Gasteiger partial charge in [0, 0.05) is 35.6 Å². The number of para-hydroxylation sites is 1. The average Bonchev–Trinajstić information content (AvgIpc) is 2.54.